The zero-order valence-electron chi connectivity index (χ0n) is 7.94. The van der Waals surface area contributed by atoms with E-state index in [9.17, 15) is 0 Å². The van der Waals surface area contributed by atoms with Crippen molar-refractivity contribution in [2.75, 3.05) is 18.8 Å². The monoisotopic (exact) mass is 186 g/mol. The van der Waals surface area contributed by atoms with E-state index in [1.165, 1.54) is 25.1 Å². The highest BCUT2D eigenvalue weighted by Gasteiger charge is 2.43. The lowest BCUT2D eigenvalue weighted by Crippen LogP contribution is -2.55. The molecule has 2 aliphatic heterocycles. The summed E-state index contributed by atoms with van der Waals surface area (Å²) in [5.41, 5.74) is 0.337. The van der Waals surface area contributed by atoms with E-state index >= 15 is 0 Å². The normalized spacial score (nSPS) is 40.5. The molecule has 12 heavy (non-hydrogen) atoms. The molecule has 0 radical (unpaired) electrons. The summed E-state index contributed by atoms with van der Waals surface area (Å²) in [7, 11) is 0. The molecule has 1 unspecified atom stereocenters. The summed E-state index contributed by atoms with van der Waals surface area (Å²) >= 11 is 2.10. The average Bonchev–Trinajstić information content (AvgIpc) is 2.29. The van der Waals surface area contributed by atoms with Crippen LogP contribution in [0.1, 0.15) is 26.7 Å². The van der Waals surface area contributed by atoms with Crippen LogP contribution < -0.4 is 10.6 Å². The van der Waals surface area contributed by atoms with E-state index in [0.29, 0.717) is 10.4 Å². The Kier molecular flexibility index (Phi) is 2.13. The minimum absolute atomic E-state index is 0.337. The van der Waals surface area contributed by atoms with E-state index in [1.807, 2.05) is 0 Å². The van der Waals surface area contributed by atoms with Crippen LogP contribution in [-0.2, 0) is 0 Å². The first-order valence-corrected chi connectivity index (χ1v) is 5.75. The second-order valence-corrected chi connectivity index (χ2v) is 5.93. The average molecular weight is 186 g/mol. The van der Waals surface area contributed by atoms with Gasteiger partial charge >= 0.3 is 0 Å². The molecule has 2 aliphatic rings. The van der Waals surface area contributed by atoms with Crippen molar-refractivity contribution >= 4 is 11.8 Å². The highest BCUT2D eigenvalue weighted by atomic mass is 32.2. The Bertz CT molecular complexity index is 173. The zero-order valence-corrected chi connectivity index (χ0v) is 8.76. The van der Waals surface area contributed by atoms with E-state index in [0.717, 1.165) is 6.54 Å². The maximum absolute atomic E-state index is 3.75. The Labute approximate surface area is 78.9 Å². The Hall–Kier alpha value is 0.270. The third-order valence-corrected chi connectivity index (χ3v) is 4.49. The van der Waals surface area contributed by atoms with E-state index in [-0.39, 0.29) is 0 Å². The van der Waals surface area contributed by atoms with Crippen LogP contribution in [0, 0.1) is 0 Å². The summed E-state index contributed by atoms with van der Waals surface area (Å²) in [4.78, 5) is 0.363. The predicted octanol–water partition coefficient (Wildman–Crippen LogP) is 1.18. The van der Waals surface area contributed by atoms with Gasteiger partial charge in [0.05, 0.1) is 4.87 Å². The minimum Gasteiger partial charge on any atom is -0.314 e. The first-order chi connectivity index (χ1) is 5.62. The molecule has 0 aromatic heterocycles. The van der Waals surface area contributed by atoms with Gasteiger partial charge in [0.2, 0.25) is 0 Å². The van der Waals surface area contributed by atoms with Crippen molar-refractivity contribution in [3.05, 3.63) is 0 Å². The number of rotatable bonds is 0. The topological polar surface area (TPSA) is 24.1 Å². The number of nitrogens with one attached hydrogen (secondary N) is 2. The summed E-state index contributed by atoms with van der Waals surface area (Å²) in [5.74, 6) is 1.24. The van der Waals surface area contributed by atoms with E-state index in [2.05, 4.69) is 36.2 Å². The Balaban J connectivity index is 2.03. The van der Waals surface area contributed by atoms with Gasteiger partial charge < -0.3 is 5.32 Å². The first kappa shape index (κ1) is 8.85. The lowest BCUT2D eigenvalue weighted by atomic mass is 10.0. The molecule has 2 heterocycles. The SMILES string of the molecule is CC1(C)CSC2(CCCNC2)N1. The van der Waals surface area contributed by atoms with E-state index in [1.54, 1.807) is 0 Å². The van der Waals surface area contributed by atoms with Gasteiger partial charge in [0, 0.05) is 17.8 Å². The second-order valence-electron chi connectivity index (χ2n) is 4.57. The van der Waals surface area contributed by atoms with Crippen molar-refractivity contribution in [3.63, 3.8) is 0 Å². The number of hydrogen-bond acceptors (Lipinski definition) is 3. The summed E-state index contributed by atoms with van der Waals surface area (Å²) < 4.78 is 0. The molecule has 3 heteroatoms. The highest BCUT2D eigenvalue weighted by Crippen LogP contribution is 2.39. The lowest BCUT2D eigenvalue weighted by Gasteiger charge is -2.35. The van der Waals surface area contributed by atoms with E-state index in [4.69, 9.17) is 0 Å². The molecule has 2 N–H and O–H groups in total. The Morgan fingerprint density at radius 2 is 2.17 bits per heavy atom. The van der Waals surface area contributed by atoms with Gasteiger partial charge in [0.25, 0.3) is 0 Å². The van der Waals surface area contributed by atoms with Crippen LogP contribution in [0.2, 0.25) is 0 Å². The number of thioether (sulfide) groups is 1. The lowest BCUT2D eigenvalue weighted by molar-refractivity contribution is 0.304. The fourth-order valence-electron chi connectivity index (χ4n) is 2.11. The molecule has 2 saturated heterocycles. The third-order valence-electron chi connectivity index (χ3n) is 2.62. The van der Waals surface area contributed by atoms with Crippen molar-refractivity contribution < 1.29 is 0 Å². The van der Waals surface area contributed by atoms with Gasteiger partial charge in [-0.3, -0.25) is 5.32 Å². The molecule has 2 fully saturated rings. The van der Waals surface area contributed by atoms with Crippen molar-refractivity contribution in [2.45, 2.75) is 37.1 Å². The molecular formula is C9H18N2S. The highest BCUT2D eigenvalue weighted by molar-refractivity contribution is 8.01. The van der Waals surface area contributed by atoms with Gasteiger partial charge in [-0.05, 0) is 33.2 Å². The molecule has 2 rings (SSSR count). The predicted molar refractivity (Wildman–Crippen MR) is 54.5 cm³/mol. The van der Waals surface area contributed by atoms with Crippen LogP contribution in [0.3, 0.4) is 0 Å². The van der Waals surface area contributed by atoms with Gasteiger partial charge in [-0.15, -0.1) is 11.8 Å². The molecule has 0 bridgehead atoms. The van der Waals surface area contributed by atoms with Gasteiger partial charge in [-0.2, -0.15) is 0 Å². The van der Waals surface area contributed by atoms with Crippen molar-refractivity contribution in [2.24, 2.45) is 0 Å². The quantitative estimate of drug-likeness (QED) is 0.594. The molecular weight excluding hydrogens is 168 g/mol. The van der Waals surface area contributed by atoms with Gasteiger partial charge in [0.1, 0.15) is 0 Å². The molecule has 0 saturated carbocycles. The maximum atomic E-state index is 3.75. The van der Waals surface area contributed by atoms with Gasteiger partial charge in [-0.1, -0.05) is 0 Å². The van der Waals surface area contributed by atoms with Crippen LogP contribution >= 0.6 is 11.8 Å². The maximum Gasteiger partial charge on any atom is 0.0776 e. The molecule has 1 atom stereocenters. The summed E-state index contributed by atoms with van der Waals surface area (Å²) in [5, 5.41) is 7.22. The molecule has 0 aromatic carbocycles. The smallest absolute Gasteiger partial charge is 0.0776 e. The minimum atomic E-state index is 0.337. The molecule has 0 aromatic rings. The van der Waals surface area contributed by atoms with Crippen molar-refractivity contribution in [3.8, 4) is 0 Å². The number of piperidine rings is 1. The van der Waals surface area contributed by atoms with Crippen molar-refractivity contribution in [1.29, 1.82) is 0 Å². The van der Waals surface area contributed by atoms with Gasteiger partial charge in [0.15, 0.2) is 0 Å². The van der Waals surface area contributed by atoms with Crippen LogP contribution in [0.4, 0.5) is 0 Å². The van der Waals surface area contributed by atoms with Crippen LogP contribution in [0.25, 0.3) is 0 Å². The van der Waals surface area contributed by atoms with Crippen LogP contribution in [-0.4, -0.2) is 29.3 Å². The number of hydrogen-bond donors (Lipinski definition) is 2. The fourth-order valence-corrected chi connectivity index (χ4v) is 3.67. The van der Waals surface area contributed by atoms with Crippen molar-refractivity contribution in [1.82, 2.24) is 10.6 Å². The fraction of sp³-hybridized carbons (Fsp3) is 1.00. The second kappa shape index (κ2) is 2.89. The summed E-state index contributed by atoms with van der Waals surface area (Å²) in [6.45, 7) is 6.93. The van der Waals surface area contributed by atoms with Crippen LogP contribution in [0.15, 0.2) is 0 Å². The van der Waals surface area contributed by atoms with Gasteiger partial charge in [-0.25, -0.2) is 0 Å². The molecule has 0 aliphatic carbocycles. The largest absolute Gasteiger partial charge is 0.314 e. The molecule has 0 amide bonds. The molecule has 1 spiro atoms. The summed E-state index contributed by atoms with van der Waals surface area (Å²) in [6.07, 6.45) is 2.64. The Morgan fingerprint density at radius 3 is 2.67 bits per heavy atom. The first-order valence-electron chi connectivity index (χ1n) is 4.76. The standard InChI is InChI=1S/C9H18N2S/c1-8(2)7-12-9(11-8)4-3-5-10-6-9/h10-11H,3-7H2,1-2H3. The third kappa shape index (κ3) is 1.63. The Morgan fingerprint density at radius 1 is 1.33 bits per heavy atom. The zero-order chi connectivity index (χ0) is 8.66. The molecule has 70 valence electrons. The van der Waals surface area contributed by atoms with E-state index < -0.39 is 0 Å². The van der Waals surface area contributed by atoms with Crippen LogP contribution in [0.5, 0.6) is 0 Å². The molecule has 2 nitrogen and oxygen atoms in total. The summed E-state index contributed by atoms with van der Waals surface area (Å²) in [6, 6.07) is 0.